The summed E-state index contributed by atoms with van der Waals surface area (Å²) in [4.78, 5) is 0. The van der Waals surface area contributed by atoms with Gasteiger partial charge in [-0.3, -0.25) is 0 Å². The maximum absolute atomic E-state index is 2.18. The van der Waals surface area contributed by atoms with Crippen molar-refractivity contribution in [1.82, 2.24) is 0 Å². The van der Waals surface area contributed by atoms with Gasteiger partial charge in [-0.25, -0.2) is 0 Å². The van der Waals surface area contributed by atoms with Crippen LogP contribution < -0.4 is 4.24 Å². The molecule has 0 saturated heterocycles. The number of hydrogen-bond acceptors (Lipinski definition) is 0. The molecule has 1 aromatic carbocycles. The maximum atomic E-state index is 2.18. The van der Waals surface area contributed by atoms with Crippen LogP contribution in [0.15, 0.2) is 12.1 Å². The summed E-state index contributed by atoms with van der Waals surface area (Å²) >= 11 is 2.18. The van der Waals surface area contributed by atoms with E-state index in [-0.39, 0.29) is 0 Å². The van der Waals surface area contributed by atoms with Crippen molar-refractivity contribution < 1.29 is 0 Å². The van der Waals surface area contributed by atoms with E-state index < -0.39 is 0 Å². The van der Waals surface area contributed by atoms with Crippen molar-refractivity contribution in [3.05, 3.63) is 28.8 Å². The summed E-state index contributed by atoms with van der Waals surface area (Å²) in [5.41, 5.74) is 4.21. The summed E-state index contributed by atoms with van der Waals surface area (Å²) in [6.45, 7) is 6.49. The molecular formula is C9H11Li. The number of benzene rings is 1. The molecular weight excluding hydrogens is 115 g/mol. The predicted molar refractivity (Wildman–Crippen MR) is 46.0 cm³/mol. The van der Waals surface area contributed by atoms with E-state index in [1.54, 1.807) is 0 Å². The monoisotopic (exact) mass is 126 g/mol. The van der Waals surface area contributed by atoms with E-state index in [0.717, 1.165) is 0 Å². The van der Waals surface area contributed by atoms with Gasteiger partial charge in [-0.15, -0.1) is 0 Å². The fourth-order valence-corrected chi connectivity index (χ4v) is 1.09. The second kappa shape index (κ2) is 2.82. The van der Waals surface area contributed by atoms with Gasteiger partial charge in [-0.2, -0.15) is 0 Å². The van der Waals surface area contributed by atoms with E-state index in [1.165, 1.54) is 20.9 Å². The first-order chi connectivity index (χ1) is 4.63. The van der Waals surface area contributed by atoms with E-state index in [9.17, 15) is 0 Å². The predicted octanol–water partition coefficient (Wildman–Crippen LogP) is 1.41. The zero-order chi connectivity index (χ0) is 7.72. The Labute approximate surface area is 71.8 Å². The molecule has 48 valence electrons. The standard InChI is InChI=1S/C9H11.Li/c1-7-4-5-8(2)9(3)6-7;/h4-5H,1-3H3;. The van der Waals surface area contributed by atoms with Crippen LogP contribution in [0.25, 0.3) is 0 Å². The topological polar surface area (TPSA) is 0 Å². The van der Waals surface area contributed by atoms with Crippen LogP contribution in [0.4, 0.5) is 0 Å². The van der Waals surface area contributed by atoms with Crippen molar-refractivity contribution in [2.75, 3.05) is 0 Å². The third-order valence-electron chi connectivity index (χ3n) is 2.33. The average Bonchev–Trinajstić information content (AvgIpc) is 1.93. The van der Waals surface area contributed by atoms with Crippen LogP contribution in [0.2, 0.25) is 0 Å². The zero-order valence-electron chi connectivity index (χ0n) is 7.15. The van der Waals surface area contributed by atoms with Gasteiger partial charge in [-0.05, 0) is 0 Å². The first kappa shape index (κ1) is 7.92. The molecule has 0 N–H and O–H groups in total. The summed E-state index contributed by atoms with van der Waals surface area (Å²) in [6.07, 6.45) is 0. The Morgan fingerprint density at radius 3 is 2.00 bits per heavy atom. The Hall–Kier alpha value is -0.183. The molecule has 1 heteroatoms. The average molecular weight is 126 g/mol. The minimum absolute atomic E-state index is 1.39. The van der Waals surface area contributed by atoms with Crippen molar-refractivity contribution in [3.8, 4) is 0 Å². The summed E-state index contributed by atoms with van der Waals surface area (Å²) in [6, 6.07) is 4.36. The fourth-order valence-electron chi connectivity index (χ4n) is 1.09. The molecule has 0 nitrogen and oxygen atoms in total. The Morgan fingerprint density at radius 1 is 1.00 bits per heavy atom. The van der Waals surface area contributed by atoms with Gasteiger partial charge in [0, 0.05) is 0 Å². The molecule has 1 aromatic rings. The molecule has 0 saturated carbocycles. The first-order valence-electron chi connectivity index (χ1n) is 3.66. The Bertz CT molecular complexity index is 224. The van der Waals surface area contributed by atoms with Crippen LogP contribution in [-0.4, -0.2) is 17.7 Å². The van der Waals surface area contributed by atoms with Crippen molar-refractivity contribution in [2.24, 2.45) is 0 Å². The van der Waals surface area contributed by atoms with E-state index in [2.05, 4.69) is 50.6 Å². The molecule has 0 aliphatic rings. The second-order valence-electron chi connectivity index (χ2n) is 2.95. The molecule has 0 aromatic heterocycles. The molecule has 10 heavy (non-hydrogen) atoms. The van der Waals surface area contributed by atoms with E-state index in [1.807, 2.05) is 0 Å². The van der Waals surface area contributed by atoms with E-state index in [0.29, 0.717) is 0 Å². The van der Waals surface area contributed by atoms with Crippen molar-refractivity contribution >= 4 is 22.0 Å². The molecule has 0 spiro atoms. The molecule has 0 bridgehead atoms. The third-order valence-corrected chi connectivity index (χ3v) is 2.33. The Balaban J connectivity index is 3.34. The van der Waals surface area contributed by atoms with Gasteiger partial charge >= 0.3 is 71.5 Å². The molecule has 0 unspecified atom stereocenters. The number of rotatable bonds is 0. The molecule has 0 fully saturated rings. The van der Waals surface area contributed by atoms with Crippen molar-refractivity contribution in [1.29, 1.82) is 0 Å². The first-order valence-corrected chi connectivity index (χ1v) is 3.66. The van der Waals surface area contributed by atoms with Crippen LogP contribution in [0.5, 0.6) is 0 Å². The van der Waals surface area contributed by atoms with Gasteiger partial charge in [0.25, 0.3) is 0 Å². The fraction of sp³-hybridized carbons (Fsp3) is 0.333. The summed E-state index contributed by atoms with van der Waals surface area (Å²) < 4.78 is 1.43. The quantitative estimate of drug-likeness (QED) is 0.461. The molecule has 0 atom stereocenters. The molecule has 0 aliphatic heterocycles. The summed E-state index contributed by atoms with van der Waals surface area (Å²) in [5.74, 6) is 0. The molecule has 1 rings (SSSR count). The van der Waals surface area contributed by atoms with E-state index >= 15 is 0 Å². The van der Waals surface area contributed by atoms with Crippen LogP contribution in [0, 0.1) is 20.8 Å². The summed E-state index contributed by atoms with van der Waals surface area (Å²) in [7, 11) is 0. The SMILES string of the molecule is [Li][c]1c(C)ccc(C)c1C. The molecule has 0 radical (unpaired) electrons. The molecule has 0 aliphatic carbocycles. The summed E-state index contributed by atoms with van der Waals surface area (Å²) in [5, 5.41) is 0. The molecule has 0 amide bonds. The Morgan fingerprint density at radius 2 is 1.50 bits per heavy atom. The number of hydrogen-bond donors (Lipinski definition) is 0. The van der Waals surface area contributed by atoms with Crippen LogP contribution in [-0.2, 0) is 0 Å². The molecule has 0 heterocycles. The normalized spacial score (nSPS) is 10.1. The van der Waals surface area contributed by atoms with Gasteiger partial charge in [0.15, 0.2) is 0 Å². The van der Waals surface area contributed by atoms with Gasteiger partial charge in [-0.1, -0.05) is 0 Å². The van der Waals surface area contributed by atoms with Gasteiger partial charge in [0.2, 0.25) is 0 Å². The van der Waals surface area contributed by atoms with Crippen molar-refractivity contribution in [2.45, 2.75) is 20.8 Å². The van der Waals surface area contributed by atoms with Crippen LogP contribution in [0.3, 0.4) is 0 Å². The minimum atomic E-state index is 1.39. The third kappa shape index (κ3) is 1.28. The van der Waals surface area contributed by atoms with Crippen LogP contribution >= 0.6 is 0 Å². The zero-order valence-corrected chi connectivity index (χ0v) is 7.15. The van der Waals surface area contributed by atoms with Gasteiger partial charge in [0.05, 0.1) is 0 Å². The van der Waals surface area contributed by atoms with Gasteiger partial charge in [0.1, 0.15) is 0 Å². The second-order valence-corrected chi connectivity index (χ2v) is 2.95. The van der Waals surface area contributed by atoms with Crippen LogP contribution in [0.1, 0.15) is 16.7 Å². The number of aryl methyl sites for hydroxylation is 2. The Kier molecular flexibility index (Phi) is 2.24. The van der Waals surface area contributed by atoms with E-state index in [4.69, 9.17) is 0 Å². The van der Waals surface area contributed by atoms with Crippen molar-refractivity contribution in [3.63, 3.8) is 0 Å². The van der Waals surface area contributed by atoms with Gasteiger partial charge < -0.3 is 0 Å².